The maximum Gasteiger partial charge on any atom is 0.250 e. The first-order valence-corrected chi connectivity index (χ1v) is 7.87. The summed E-state index contributed by atoms with van der Waals surface area (Å²) in [4.78, 5) is 27.5. The van der Waals surface area contributed by atoms with E-state index in [1.165, 1.54) is 17.4 Å². The molecule has 110 valence electrons. The maximum atomic E-state index is 11.6. The number of hydrogen-bond acceptors (Lipinski definition) is 4. The number of amides is 2. The van der Waals surface area contributed by atoms with E-state index in [4.69, 9.17) is 11.5 Å². The molecule has 0 aliphatic heterocycles. The third-order valence-electron chi connectivity index (χ3n) is 3.14. The lowest BCUT2D eigenvalue weighted by Crippen LogP contribution is -2.15. The molecule has 0 saturated heterocycles. The third-order valence-corrected chi connectivity index (χ3v) is 4.72. The van der Waals surface area contributed by atoms with Crippen molar-refractivity contribution in [1.29, 1.82) is 0 Å². The summed E-state index contributed by atoms with van der Waals surface area (Å²) in [5, 5.41) is 0.742. The number of carbonyl (C=O) groups is 2. The SMILES string of the molecule is NC(=O)c1cc(C(N)=O)c2nc(-c3ccc(Br)cc3)sc2c1. The number of halogens is 1. The zero-order chi connectivity index (χ0) is 15.9. The van der Waals surface area contributed by atoms with Gasteiger partial charge in [-0.1, -0.05) is 28.1 Å². The van der Waals surface area contributed by atoms with Crippen LogP contribution in [0.1, 0.15) is 20.7 Å². The van der Waals surface area contributed by atoms with Crippen LogP contribution in [0.2, 0.25) is 0 Å². The Balaban J connectivity index is 2.24. The lowest BCUT2D eigenvalue weighted by Gasteiger charge is -2.00. The highest BCUT2D eigenvalue weighted by Crippen LogP contribution is 2.33. The summed E-state index contributed by atoms with van der Waals surface area (Å²) in [5.41, 5.74) is 12.5. The fourth-order valence-electron chi connectivity index (χ4n) is 2.08. The number of nitrogens with zero attached hydrogens (tertiary/aromatic N) is 1. The molecule has 0 atom stereocenters. The van der Waals surface area contributed by atoms with Gasteiger partial charge in [-0.2, -0.15) is 0 Å². The van der Waals surface area contributed by atoms with Crippen molar-refractivity contribution in [3.63, 3.8) is 0 Å². The summed E-state index contributed by atoms with van der Waals surface area (Å²) in [5.74, 6) is -1.25. The van der Waals surface area contributed by atoms with E-state index in [0.29, 0.717) is 10.2 Å². The molecule has 1 heterocycles. The van der Waals surface area contributed by atoms with E-state index in [1.807, 2.05) is 24.3 Å². The van der Waals surface area contributed by atoms with Crippen molar-refractivity contribution in [3.05, 3.63) is 52.0 Å². The fraction of sp³-hybridized carbons (Fsp3) is 0. The van der Waals surface area contributed by atoms with Gasteiger partial charge in [0.15, 0.2) is 0 Å². The fourth-order valence-corrected chi connectivity index (χ4v) is 3.38. The summed E-state index contributed by atoms with van der Waals surface area (Å²) < 4.78 is 1.66. The predicted molar refractivity (Wildman–Crippen MR) is 89.8 cm³/mol. The molecule has 0 radical (unpaired) electrons. The van der Waals surface area contributed by atoms with Crippen LogP contribution in [0, 0.1) is 0 Å². The number of primary amides is 2. The van der Waals surface area contributed by atoms with Gasteiger partial charge in [-0.25, -0.2) is 4.98 Å². The summed E-state index contributed by atoms with van der Waals surface area (Å²) in [6.45, 7) is 0. The van der Waals surface area contributed by atoms with Crippen LogP contribution in [-0.4, -0.2) is 16.8 Å². The van der Waals surface area contributed by atoms with Crippen LogP contribution in [-0.2, 0) is 0 Å². The molecule has 0 saturated carbocycles. The number of nitrogens with two attached hydrogens (primary N) is 2. The summed E-state index contributed by atoms with van der Waals surface area (Å²) in [6, 6.07) is 10.7. The van der Waals surface area contributed by atoms with Crippen LogP contribution in [0.4, 0.5) is 0 Å². The largest absolute Gasteiger partial charge is 0.366 e. The van der Waals surface area contributed by atoms with Crippen LogP contribution < -0.4 is 11.5 Å². The van der Waals surface area contributed by atoms with Gasteiger partial charge in [0, 0.05) is 15.6 Å². The topological polar surface area (TPSA) is 99.1 Å². The van der Waals surface area contributed by atoms with Crippen molar-refractivity contribution in [1.82, 2.24) is 4.98 Å². The second-order valence-corrected chi connectivity index (χ2v) is 6.57. The van der Waals surface area contributed by atoms with Crippen molar-refractivity contribution in [2.24, 2.45) is 11.5 Å². The Labute approximate surface area is 138 Å². The molecule has 22 heavy (non-hydrogen) atoms. The molecule has 3 rings (SSSR count). The third kappa shape index (κ3) is 2.60. The monoisotopic (exact) mass is 375 g/mol. The Bertz CT molecular complexity index is 903. The molecule has 4 N–H and O–H groups in total. The molecular formula is C15H10BrN3O2S. The Morgan fingerprint density at radius 1 is 1.05 bits per heavy atom. The molecule has 0 fully saturated rings. The Hall–Kier alpha value is -2.25. The number of fused-ring (bicyclic) bond motifs is 1. The normalized spacial score (nSPS) is 10.8. The van der Waals surface area contributed by atoms with Crippen molar-refractivity contribution >= 4 is 49.3 Å². The van der Waals surface area contributed by atoms with Crippen LogP contribution in [0.25, 0.3) is 20.8 Å². The van der Waals surface area contributed by atoms with Crippen LogP contribution in [0.15, 0.2) is 40.9 Å². The number of rotatable bonds is 3. The number of benzene rings is 2. The summed E-state index contributed by atoms with van der Waals surface area (Å²) in [6.07, 6.45) is 0. The molecular weight excluding hydrogens is 366 g/mol. The van der Waals surface area contributed by atoms with Gasteiger partial charge in [0.1, 0.15) is 5.01 Å². The maximum absolute atomic E-state index is 11.6. The average molecular weight is 376 g/mol. The van der Waals surface area contributed by atoms with Gasteiger partial charge in [-0.15, -0.1) is 11.3 Å². The van der Waals surface area contributed by atoms with Gasteiger partial charge in [-0.05, 0) is 24.3 Å². The van der Waals surface area contributed by atoms with E-state index in [1.54, 1.807) is 6.07 Å². The Morgan fingerprint density at radius 2 is 1.73 bits per heavy atom. The molecule has 2 amide bonds. The molecule has 0 aliphatic rings. The van der Waals surface area contributed by atoms with Crippen molar-refractivity contribution in [2.75, 3.05) is 0 Å². The van der Waals surface area contributed by atoms with Gasteiger partial charge in [0.25, 0.3) is 5.91 Å². The standard InChI is InChI=1S/C15H10BrN3O2S/c16-9-3-1-7(2-4-9)15-19-12-10(14(18)21)5-8(13(17)20)6-11(12)22-15/h1-6H,(H2,17,20)(H2,18,21). The van der Waals surface area contributed by atoms with E-state index in [-0.39, 0.29) is 11.1 Å². The second kappa shape index (κ2) is 5.51. The molecule has 3 aromatic rings. The average Bonchev–Trinajstić information content (AvgIpc) is 2.90. The highest BCUT2D eigenvalue weighted by atomic mass is 79.9. The zero-order valence-electron chi connectivity index (χ0n) is 11.2. The highest BCUT2D eigenvalue weighted by molar-refractivity contribution is 9.10. The summed E-state index contributed by atoms with van der Waals surface area (Å²) >= 11 is 4.76. The molecule has 0 spiro atoms. The van der Waals surface area contributed by atoms with Crippen molar-refractivity contribution in [3.8, 4) is 10.6 Å². The first-order chi connectivity index (χ1) is 10.5. The van der Waals surface area contributed by atoms with Crippen LogP contribution in [0.3, 0.4) is 0 Å². The number of carbonyl (C=O) groups excluding carboxylic acids is 2. The first-order valence-electron chi connectivity index (χ1n) is 6.26. The molecule has 7 heteroatoms. The highest BCUT2D eigenvalue weighted by Gasteiger charge is 2.16. The Kier molecular flexibility index (Phi) is 3.67. The van der Waals surface area contributed by atoms with Crippen molar-refractivity contribution in [2.45, 2.75) is 0 Å². The van der Waals surface area contributed by atoms with E-state index < -0.39 is 11.8 Å². The minimum absolute atomic E-state index is 0.200. The summed E-state index contributed by atoms with van der Waals surface area (Å²) in [7, 11) is 0. The first kappa shape index (κ1) is 14.7. The van der Waals surface area contributed by atoms with Gasteiger partial charge >= 0.3 is 0 Å². The van der Waals surface area contributed by atoms with Gasteiger partial charge in [0.2, 0.25) is 5.91 Å². The minimum Gasteiger partial charge on any atom is -0.366 e. The predicted octanol–water partition coefficient (Wildman–Crippen LogP) is 2.92. The van der Waals surface area contributed by atoms with E-state index >= 15 is 0 Å². The lowest BCUT2D eigenvalue weighted by molar-refractivity contribution is 0.0999. The lowest BCUT2D eigenvalue weighted by atomic mass is 10.1. The Morgan fingerprint density at radius 3 is 2.32 bits per heavy atom. The van der Waals surface area contributed by atoms with Crippen LogP contribution in [0.5, 0.6) is 0 Å². The van der Waals surface area contributed by atoms with Gasteiger partial charge in [0.05, 0.1) is 15.8 Å². The zero-order valence-corrected chi connectivity index (χ0v) is 13.6. The molecule has 2 aromatic carbocycles. The van der Waals surface area contributed by atoms with Gasteiger partial charge < -0.3 is 11.5 Å². The minimum atomic E-state index is -0.638. The van der Waals surface area contributed by atoms with E-state index in [2.05, 4.69) is 20.9 Å². The molecule has 1 aromatic heterocycles. The molecule has 0 bridgehead atoms. The molecule has 0 unspecified atom stereocenters. The second-order valence-electron chi connectivity index (χ2n) is 4.62. The quantitative estimate of drug-likeness (QED) is 0.735. The van der Waals surface area contributed by atoms with Crippen molar-refractivity contribution < 1.29 is 9.59 Å². The number of hydrogen-bond donors (Lipinski definition) is 2. The van der Waals surface area contributed by atoms with Gasteiger partial charge in [-0.3, -0.25) is 9.59 Å². The van der Waals surface area contributed by atoms with Crippen LogP contribution >= 0.6 is 27.3 Å². The van der Waals surface area contributed by atoms with E-state index in [0.717, 1.165) is 15.0 Å². The van der Waals surface area contributed by atoms with E-state index in [9.17, 15) is 9.59 Å². The molecule has 5 nitrogen and oxygen atoms in total. The molecule has 0 aliphatic carbocycles. The smallest absolute Gasteiger partial charge is 0.250 e. The number of aromatic nitrogens is 1. The number of thiazole rings is 1.